The van der Waals surface area contributed by atoms with E-state index in [1.807, 2.05) is 62.4 Å². The number of ketones is 1. The maximum Gasteiger partial charge on any atom is 0.195 e. The molecule has 6 aromatic carbocycles. The highest BCUT2D eigenvalue weighted by Crippen LogP contribution is 2.37. The summed E-state index contributed by atoms with van der Waals surface area (Å²) in [6.45, 7) is 21.1. The molecule has 0 bridgehead atoms. The quantitative estimate of drug-likeness (QED) is 0.0345. The van der Waals surface area contributed by atoms with Gasteiger partial charge in [-0.3, -0.25) is 4.79 Å². The number of aromatic nitrogens is 6. The summed E-state index contributed by atoms with van der Waals surface area (Å²) >= 11 is 0. The average Bonchev–Trinajstić information content (AvgIpc) is 0.811. The second kappa shape index (κ2) is 38.6. The lowest BCUT2D eigenvalue weighted by Crippen LogP contribution is -2.28. The molecular formula is C81H104N6O8. The van der Waals surface area contributed by atoms with Crippen LogP contribution in [0.2, 0.25) is 0 Å². The van der Waals surface area contributed by atoms with Crippen molar-refractivity contribution in [1.82, 2.24) is 29.9 Å². The second-order valence-electron chi connectivity index (χ2n) is 26.1. The number of phenolic OH excluding ortho intramolecular Hbond substituents is 2. The Kier molecular flexibility index (Phi) is 29.6. The molecule has 0 aliphatic heterocycles. The second-order valence-corrected chi connectivity index (χ2v) is 26.1. The standard InChI is InChI=1S/C81H104N6O8/c1-10-11-12-13-14-15-16-19-23-26-29-44-92-54-67(55-95-66-36-42-73(75(90)51-66)81-86-78(70-39-33-58(4)48-62(70)8)83-79(87-81)71-40-34-59(5)49-63(71)9)93-45-30-27-24-21-18-17-20-22-25-28-43-91-52-64(88)53-94-65-35-41-72(74(89)50-65)80-84-76(68-37-31-56(2)46-60(68)6)82-77(85-80)69-38-32-57(3)47-61(69)7/h31-42,46-51,67,89-90H,10-30,43-45,52-55H2,1-9H3. The van der Waals surface area contributed by atoms with Crippen LogP contribution in [-0.4, -0.2) is 98.3 Å². The predicted molar refractivity (Wildman–Crippen MR) is 384 cm³/mol. The maximum atomic E-state index is 12.8. The third-order valence-electron chi connectivity index (χ3n) is 17.5. The first-order chi connectivity index (χ1) is 46.1. The fraction of sp³-hybridized carbons (Fsp3) is 0.469. The van der Waals surface area contributed by atoms with Crippen LogP contribution in [0.4, 0.5) is 0 Å². The Balaban J connectivity index is 0.724. The van der Waals surface area contributed by atoms with Gasteiger partial charge in [0, 0.05) is 54.2 Å². The van der Waals surface area contributed by atoms with Crippen molar-refractivity contribution in [3.05, 3.63) is 154 Å². The smallest absolute Gasteiger partial charge is 0.195 e. The SMILES string of the molecule is CCCCCCCCCCCCCOCC(COc1ccc(-c2nc(-c3ccc(C)cc3C)nc(-c3ccc(C)cc3C)n2)c(O)c1)OCCCCCCCCCCCCOCC(=O)COc1ccc(-c2nc(-c3ccc(C)cc3C)nc(-c3ccc(C)cc3C)n2)c(O)c1. The van der Waals surface area contributed by atoms with Crippen molar-refractivity contribution < 1.29 is 38.7 Å². The molecule has 0 spiro atoms. The number of unbranched alkanes of at least 4 members (excludes halogenated alkanes) is 19. The molecule has 2 aromatic heterocycles. The van der Waals surface area contributed by atoms with Crippen molar-refractivity contribution >= 4 is 5.78 Å². The molecule has 0 radical (unpaired) electrons. The van der Waals surface area contributed by atoms with Gasteiger partial charge in [-0.15, -0.1) is 0 Å². The molecule has 0 saturated carbocycles. The molecule has 14 nitrogen and oxygen atoms in total. The lowest BCUT2D eigenvalue weighted by Gasteiger charge is -2.19. The molecule has 506 valence electrons. The zero-order valence-electron chi connectivity index (χ0n) is 58.3. The van der Waals surface area contributed by atoms with Crippen LogP contribution in [0.3, 0.4) is 0 Å². The van der Waals surface area contributed by atoms with Crippen molar-refractivity contribution in [1.29, 1.82) is 0 Å². The van der Waals surface area contributed by atoms with Gasteiger partial charge in [0.25, 0.3) is 0 Å². The van der Waals surface area contributed by atoms with Crippen molar-refractivity contribution in [3.63, 3.8) is 0 Å². The van der Waals surface area contributed by atoms with Crippen LogP contribution in [0.15, 0.2) is 109 Å². The van der Waals surface area contributed by atoms with Crippen molar-refractivity contribution in [2.45, 2.75) is 203 Å². The average molecular weight is 1290 g/mol. The van der Waals surface area contributed by atoms with Crippen LogP contribution < -0.4 is 9.47 Å². The maximum absolute atomic E-state index is 12.8. The summed E-state index contributed by atoms with van der Waals surface area (Å²) in [6, 6.07) is 35.0. The summed E-state index contributed by atoms with van der Waals surface area (Å²) in [7, 11) is 0. The van der Waals surface area contributed by atoms with Gasteiger partial charge >= 0.3 is 0 Å². The number of carbonyl (C=O) groups is 1. The van der Waals surface area contributed by atoms with Crippen LogP contribution >= 0.6 is 0 Å². The van der Waals surface area contributed by atoms with Crippen LogP contribution in [0, 0.1) is 55.4 Å². The number of benzene rings is 6. The first kappa shape index (κ1) is 72.9. The van der Waals surface area contributed by atoms with Crippen molar-refractivity contribution in [2.75, 3.05) is 46.2 Å². The Morgan fingerprint density at radius 2 is 0.663 bits per heavy atom. The molecule has 0 fully saturated rings. The van der Waals surface area contributed by atoms with Gasteiger partial charge < -0.3 is 33.9 Å². The molecule has 95 heavy (non-hydrogen) atoms. The number of Topliss-reactive ketones (excluding diaryl/α,β-unsaturated/α-hetero) is 1. The molecule has 2 heterocycles. The number of ether oxygens (including phenoxy) is 5. The highest BCUT2D eigenvalue weighted by atomic mass is 16.6. The molecule has 8 rings (SSSR count). The monoisotopic (exact) mass is 1290 g/mol. The minimum atomic E-state index is -0.260. The summed E-state index contributed by atoms with van der Waals surface area (Å²) in [5, 5.41) is 22.8. The number of phenols is 2. The topological polar surface area (TPSA) is 181 Å². The molecule has 0 amide bonds. The molecule has 0 aliphatic carbocycles. The van der Waals surface area contributed by atoms with Gasteiger partial charge in [-0.1, -0.05) is 218 Å². The number of aromatic hydroxyl groups is 2. The first-order valence-corrected chi connectivity index (χ1v) is 35.2. The zero-order chi connectivity index (χ0) is 67.3. The van der Waals surface area contributed by atoms with E-state index in [1.54, 1.807) is 18.2 Å². The van der Waals surface area contributed by atoms with Gasteiger partial charge in [-0.05, 0) is 121 Å². The van der Waals surface area contributed by atoms with Crippen LogP contribution in [0.1, 0.15) is 186 Å². The normalized spacial score (nSPS) is 11.8. The van der Waals surface area contributed by atoms with Gasteiger partial charge in [-0.25, -0.2) is 29.9 Å². The van der Waals surface area contributed by atoms with Gasteiger partial charge in [0.15, 0.2) is 40.7 Å². The van der Waals surface area contributed by atoms with Gasteiger partial charge in [0.2, 0.25) is 0 Å². The zero-order valence-corrected chi connectivity index (χ0v) is 58.3. The number of hydrogen-bond acceptors (Lipinski definition) is 14. The summed E-state index contributed by atoms with van der Waals surface area (Å²) in [5.41, 5.74) is 13.3. The number of hydrogen-bond donors (Lipinski definition) is 2. The van der Waals surface area contributed by atoms with Gasteiger partial charge in [0.1, 0.15) is 48.9 Å². The van der Waals surface area contributed by atoms with Crippen LogP contribution in [-0.2, 0) is 19.0 Å². The summed E-state index contributed by atoms with van der Waals surface area (Å²) in [6.07, 6.45) is 25.0. The fourth-order valence-electron chi connectivity index (χ4n) is 12.1. The lowest BCUT2D eigenvalue weighted by molar-refractivity contribution is -0.125. The van der Waals surface area contributed by atoms with E-state index in [0.29, 0.717) is 84.0 Å². The van der Waals surface area contributed by atoms with Crippen LogP contribution in [0.5, 0.6) is 23.0 Å². The predicted octanol–water partition coefficient (Wildman–Crippen LogP) is 19.6. The number of aryl methyl sites for hydroxylation is 8. The van der Waals surface area contributed by atoms with E-state index in [9.17, 15) is 15.0 Å². The molecule has 8 aromatic rings. The third-order valence-corrected chi connectivity index (χ3v) is 17.5. The highest BCUT2D eigenvalue weighted by molar-refractivity contribution is 5.81. The minimum absolute atomic E-state index is 0.0187. The Bertz CT molecular complexity index is 3580. The number of carbonyl (C=O) groups excluding carboxylic acids is 1. The molecular weight excluding hydrogens is 1180 g/mol. The van der Waals surface area contributed by atoms with Gasteiger partial charge in [-0.2, -0.15) is 0 Å². The summed E-state index contributed by atoms with van der Waals surface area (Å²) in [5.74, 6) is 3.52. The Labute approximate surface area is 566 Å². The van der Waals surface area contributed by atoms with E-state index in [4.69, 9.17) is 53.6 Å². The van der Waals surface area contributed by atoms with Gasteiger partial charge in [0.05, 0.1) is 17.7 Å². The van der Waals surface area contributed by atoms with Crippen molar-refractivity contribution in [2.24, 2.45) is 0 Å². The van der Waals surface area contributed by atoms with E-state index in [2.05, 4.69) is 84.9 Å². The van der Waals surface area contributed by atoms with E-state index in [1.165, 1.54) is 96.0 Å². The summed E-state index contributed by atoms with van der Waals surface area (Å²) in [4.78, 5) is 42.2. The highest BCUT2D eigenvalue weighted by Gasteiger charge is 2.21. The molecule has 14 heteroatoms. The molecule has 0 saturated heterocycles. The first-order valence-electron chi connectivity index (χ1n) is 35.2. The van der Waals surface area contributed by atoms with E-state index in [0.717, 1.165) is 112 Å². The van der Waals surface area contributed by atoms with E-state index in [-0.39, 0.29) is 43.2 Å². The largest absolute Gasteiger partial charge is 0.507 e. The Morgan fingerprint density at radius 3 is 1.02 bits per heavy atom. The Hall–Kier alpha value is -7.91. The van der Waals surface area contributed by atoms with Crippen LogP contribution in [0.25, 0.3) is 68.3 Å². The van der Waals surface area contributed by atoms with E-state index < -0.39 is 0 Å². The van der Waals surface area contributed by atoms with E-state index >= 15 is 0 Å². The lowest BCUT2D eigenvalue weighted by atomic mass is 10.0. The molecule has 1 unspecified atom stereocenters. The number of rotatable bonds is 42. The molecule has 2 N–H and O–H groups in total. The fourth-order valence-corrected chi connectivity index (χ4v) is 12.1. The minimum Gasteiger partial charge on any atom is -0.507 e. The number of nitrogens with zero attached hydrogens (tertiary/aromatic N) is 6. The molecule has 0 aliphatic rings. The summed E-state index contributed by atoms with van der Waals surface area (Å²) < 4.78 is 30.5. The molecule has 1 atom stereocenters. The van der Waals surface area contributed by atoms with Crippen molar-refractivity contribution in [3.8, 4) is 91.3 Å². The third kappa shape index (κ3) is 23.5. The Morgan fingerprint density at radius 1 is 0.347 bits per heavy atom.